The van der Waals surface area contributed by atoms with Crippen molar-refractivity contribution in [1.29, 1.82) is 0 Å². The van der Waals surface area contributed by atoms with Gasteiger partial charge < -0.3 is 5.73 Å². The minimum atomic E-state index is -1.03. The first-order valence-corrected chi connectivity index (χ1v) is 2.25. The topological polar surface area (TPSA) is 105 Å². The number of nitrogens with zero attached hydrogens (tertiary/aromatic N) is 2. The van der Waals surface area contributed by atoms with Gasteiger partial charge in [-0.1, -0.05) is 0 Å². The summed E-state index contributed by atoms with van der Waals surface area (Å²) in [6, 6.07) is -1.98. The molecule has 0 rings (SSSR count). The average molecular weight is 146 g/mol. The number of urea groups is 2. The van der Waals surface area contributed by atoms with Crippen LogP contribution in [0.4, 0.5) is 9.59 Å². The van der Waals surface area contributed by atoms with Crippen LogP contribution in [0, 0.1) is 4.91 Å². The van der Waals surface area contributed by atoms with Crippen LogP contribution >= 0.6 is 0 Å². The molecule has 0 unspecified atom stereocenters. The summed E-state index contributed by atoms with van der Waals surface area (Å²) in [4.78, 5) is 29.9. The Kier molecular flexibility index (Phi) is 2.82. The SMILES string of the molecule is CN(N=O)C(=O)NC(N)=O. The Balaban J connectivity index is 3.84. The van der Waals surface area contributed by atoms with Crippen LogP contribution in [0.1, 0.15) is 0 Å². The molecule has 0 aromatic carbocycles. The number of hydrogen-bond acceptors (Lipinski definition) is 4. The lowest BCUT2D eigenvalue weighted by Crippen LogP contribution is -2.40. The zero-order valence-corrected chi connectivity index (χ0v) is 5.20. The smallest absolute Gasteiger partial charge is 0.348 e. The van der Waals surface area contributed by atoms with Crippen molar-refractivity contribution < 1.29 is 9.59 Å². The van der Waals surface area contributed by atoms with Gasteiger partial charge in [0.15, 0.2) is 0 Å². The molecule has 3 N–H and O–H groups in total. The highest BCUT2D eigenvalue weighted by molar-refractivity contribution is 5.92. The van der Waals surface area contributed by atoms with Crippen molar-refractivity contribution in [2.24, 2.45) is 11.0 Å². The van der Waals surface area contributed by atoms with E-state index < -0.39 is 12.1 Å². The van der Waals surface area contributed by atoms with Crippen molar-refractivity contribution in [3.8, 4) is 0 Å². The summed E-state index contributed by atoms with van der Waals surface area (Å²) in [5, 5.41) is 4.24. The number of hydrogen-bond donors (Lipinski definition) is 2. The molecule has 0 spiro atoms. The molecule has 0 aromatic rings. The molecule has 0 radical (unpaired) electrons. The summed E-state index contributed by atoms with van der Waals surface area (Å²) in [6.45, 7) is 0. The van der Waals surface area contributed by atoms with E-state index in [1.54, 1.807) is 5.32 Å². The Labute approximate surface area is 56.1 Å². The molecule has 4 amide bonds. The minimum absolute atomic E-state index is 0.407. The maximum Gasteiger partial charge on any atom is 0.348 e. The first kappa shape index (κ1) is 8.34. The molecule has 0 heterocycles. The summed E-state index contributed by atoms with van der Waals surface area (Å²) < 4.78 is 0. The van der Waals surface area contributed by atoms with Gasteiger partial charge in [0, 0.05) is 7.05 Å². The number of imide groups is 1. The average Bonchev–Trinajstić information content (AvgIpc) is 1.85. The number of primary amides is 1. The van der Waals surface area contributed by atoms with Crippen molar-refractivity contribution in [2.75, 3.05) is 7.05 Å². The Morgan fingerprint density at radius 3 is 2.40 bits per heavy atom. The third kappa shape index (κ3) is 2.60. The summed E-state index contributed by atoms with van der Waals surface area (Å²) in [5.41, 5.74) is 4.54. The molecule has 0 atom stereocenters. The number of nitrogens with one attached hydrogen (secondary N) is 1. The molecule has 0 aliphatic carbocycles. The van der Waals surface area contributed by atoms with E-state index in [1.807, 2.05) is 0 Å². The van der Waals surface area contributed by atoms with Gasteiger partial charge in [0.05, 0.1) is 5.29 Å². The molecule has 0 aliphatic rings. The summed E-state index contributed by atoms with van der Waals surface area (Å²) in [6.07, 6.45) is 0. The number of carbonyl (C=O) groups is 2. The molecule has 10 heavy (non-hydrogen) atoms. The third-order valence-corrected chi connectivity index (χ3v) is 0.647. The van der Waals surface area contributed by atoms with Gasteiger partial charge in [-0.25, -0.2) is 9.59 Å². The van der Waals surface area contributed by atoms with Crippen LogP contribution in [-0.2, 0) is 0 Å². The van der Waals surface area contributed by atoms with E-state index in [2.05, 4.69) is 11.0 Å². The minimum Gasteiger partial charge on any atom is -0.351 e. The molecule has 0 aromatic heterocycles. The molecular formula is C3H6N4O3. The summed E-state index contributed by atoms with van der Waals surface area (Å²) in [7, 11) is 1.09. The predicted molar refractivity (Wildman–Crippen MR) is 31.7 cm³/mol. The van der Waals surface area contributed by atoms with Crippen LogP contribution in [0.25, 0.3) is 0 Å². The van der Waals surface area contributed by atoms with Crippen LogP contribution < -0.4 is 11.1 Å². The Bertz CT molecular complexity index is 167. The first-order chi connectivity index (χ1) is 4.57. The molecule has 7 heteroatoms. The molecular weight excluding hydrogens is 140 g/mol. The molecule has 56 valence electrons. The Hall–Kier alpha value is -1.66. The zero-order valence-electron chi connectivity index (χ0n) is 5.20. The molecule has 0 saturated heterocycles. The predicted octanol–water partition coefficient (Wildman–Crippen LogP) is -0.612. The number of rotatable bonds is 1. The lowest BCUT2D eigenvalue weighted by atomic mass is 10.9. The number of nitrogens with two attached hydrogens (primary N) is 1. The van der Waals surface area contributed by atoms with E-state index in [9.17, 15) is 14.5 Å². The third-order valence-electron chi connectivity index (χ3n) is 0.647. The number of amides is 4. The Morgan fingerprint density at radius 1 is 1.60 bits per heavy atom. The van der Waals surface area contributed by atoms with E-state index in [0.29, 0.717) is 5.01 Å². The van der Waals surface area contributed by atoms with Crippen LogP contribution in [0.15, 0.2) is 5.29 Å². The Morgan fingerprint density at radius 2 is 2.10 bits per heavy atom. The van der Waals surface area contributed by atoms with Gasteiger partial charge in [-0.15, -0.1) is 4.91 Å². The summed E-state index contributed by atoms with van der Waals surface area (Å²) >= 11 is 0. The van der Waals surface area contributed by atoms with Crippen molar-refractivity contribution in [3.05, 3.63) is 4.91 Å². The van der Waals surface area contributed by atoms with Crippen LogP contribution in [0.5, 0.6) is 0 Å². The van der Waals surface area contributed by atoms with Crippen molar-refractivity contribution in [2.45, 2.75) is 0 Å². The van der Waals surface area contributed by atoms with Gasteiger partial charge in [0.2, 0.25) is 0 Å². The van der Waals surface area contributed by atoms with Crippen LogP contribution in [0.3, 0.4) is 0 Å². The summed E-state index contributed by atoms with van der Waals surface area (Å²) in [5.74, 6) is 0. The maximum absolute atomic E-state index is 10.4. The lowest BCUT2D eigenvalue weighted by Gasteiger charge is -2.04. The van der Waals surface area contributed by atoms with Crippen molar-refractivity contribution in [3.63, 3.8) is 0 Å². The second-order valence-electron chi connectivity index (χ2n) is 1.40. The fourth-order valence-corrected chi connectivity index (χ4v) is 0.223. The first-order valence-electron chi connectivity index (χ1n) is 2.25. The molecule has 0 fully saturated rings. The highest BCUT2D eigenvalue weighted by Gasteiger charge is 2.08. The number of nitroso groups, excluding NO2 is 1. The monoisotopic (exact) mass is 146 g/mol. The van der Waals surface area contributed by atoms with Gasteiger partial charge in [0.25, 0.3) is 0 Å². The lowest BCUT2D eigenvalue weighted by molar-refractivity contribution is 0.207. The standard InChI is InChI=1S/C3H6N4O3/c1-7(6-10)3(9)5-2(4)8/h1H3,(H3,4,5,8,9). The highest BCUT2D eigenvalue weighted by atomic mass is 16.3. The molecule has 0 bridgehead atoms. The van der Waals surface area contributed by atoms with Gasteiger partial charge in [0.1, 0.15) is 0 Å². The van der Waals surface area contributed by atoms with Gasteiger partial charge in [-0.2, -0.15) is 5.01 Å². The van der Waals surface area contributed by atoms with E-state index in [4.69, 9.17) is 0 Å². The van der Waals surface area contributed by atoms with E-state index in [-0.39, 0.29) is 0 Å². The zero-order chi connectivity index (χ0) is 8.15. The van der Waals surface area contributed by atoms with Crippen LogP contribution in [-0.4, -0.2) is 24.1 Å². The normalized spacial score (nSPS) is 8.10. The molecule has 0 saturated carbocycles. The second kappa shape index (κ2) is 3.38. The van der Waals surface area contributed by atoms with E-state index in [1.165, 1.54) is 0 Å². The molecule has 7 nitrogen and oxygen atoms in total. The van der Waals surface area contributed by atoms with Crippen molar-refractivity contribution >= 4 is 12.1 Å². The second-order valence-corrected chi connectivity index (χ2v) is 1.40. The largest absolute Gasteiger partial charge is 0.351 e. The fraction of sp³-hybridized carbons (Fsp3) is 0.333. The van der Waals surface area contributed by atoms with Gasteiger partial charge in [-0.05, 0) is 0 Å². The van der Waals surface area contributed by atoms with Gasteiger partial charge >= 0.3 is 12.1 Å². The van der Waals surface area contributed by atoms with Gasteiger partial charge in [-0.3, -0.25) is 5.32 Å². The maximum atomic E-state index is 10.4. The van der Waals surface area contributed by atoms with E-state index in [0.717, 1.165) is 7.05 Å². The molecule has 0 aliphatic heterocycles. The number of carbonyl (C=O) groups excluding carboxylic acids is 2. The van der Waals surface area contributed by atoms with E-state index >= 15 is 0 Å². The van der Waals surface area contributed by atoms with Crippen LogP contribution in [0.2, 0.25) is 0 Å². The highest BCUT2D eigenvalue weighted by Crippen LogP contribution is 1.81. The fourth-order valence-electron chi connectivity index (χ4n) is 0.223. The quantitative estimate of drug-likeness (QED) is 0.380. The van der Waals surface area contributed by atoms with Crippen molar-refractivity contribution in [1.82, 2.24) is 10.3 Å².